The molecule has 0 atom stereocenters. The monoisotopic (exact) mass is 382 g/mol. The fourth-order valence-electron chi connectivity index (χ4n) is 3.17. The van der Waals surface area contributed by atoms with Gasteiger partial charge in [-0.05, 0) is 60.6 Å². The Bertz CT molecular complexity index is 894. The molecule has 2 aromatic heterocycles. The van der Waals surface area contributed by atoms with Gasteiger partial charge in [-0.1, -0.05) is 13.8 Å². The number of aryl methyl sites for hydroxylation is 1. The van der Waals surface area contributed by atoms with Crippen molar-refractivity contribution in [3.8, 4) is 17.0 Å². The number of aromatic nitrogens is 3. The highest BCUT2D eigenvalue weighted by atomic mass is 19.1. The molecule has 28 heavy (non-hydrogen) atoms. The summed E-state index contributed by atoms with van der Waals surface area (Å²) in [6.45, 7) is 5.51. The lowest BCUT2D eigenvalue weighted by Crippen LogP contribution is -2.03. The molecule has 0 amide bonds. The molecule has 0 unspecified atom stereocenters. The van der Waals surface area contributed by atoms with Crippen molar-refractivity contribution >= 4 is 5.69 Å². The van der Waals surface area contributed by atoms with Crippen LogP contribution >= 0.6 is 0 Å². The van der Waals surface area contributed by atoms with E-state index in [0.29, 0.717) is 23.7 Å². The summed E-state index contributed by atoms with van der Waals surface area (Å²) < 4.78 is 21.8. The van der Waals surface area contributed by atoms with E-state index in [1.165, 1.54) is 12.1 Å². The summed E-state index contributed by atoms with van der Waals surface area (Å²) in [5.41, 5.74) is 9.19. The van der Waals surface area contributed by atoms with E-state index < -0.39 is 0 Å². The number of pyridine rings is 1. The van der Waals surface area contributed by atoms with Crippen molar-refractivity contribution in [1.82, 2.24) is 14.8 Å². The summed E-state index contributed by atoms with van der Waals surface area (Å²) in [5.74, 6) is 0.387. The van der Waals surface area contributed by atoms with Gasteiger partial charge in [0, 0.05) is 42.5 Å². The van der Waals surface area contributed by atoms with Crippen LogP contribution < -0.4 is 10.5 Å². The topological polar surface area (TPSA) is 66.0 Å². The zero-order chi connectivity index (χ0) is 19.9. The molecule has 1 aromatic carbocycles. The molecule has 0 aliphatic rings. The maximum atomic E-state index is 14.1. The third-order valence-electron chi connectivity index (χ3n) is 4.69. The van der Waals surface area contributed by atoms with Crippen molar-refractivity contribution in [3.63, 3.8) is 0 Å². The largest absolute Gasteiger partial charge is 0.478 e. The fourth-order valence-corrected chi connectivity index (χ4v) is 3.17. The highest BCUT2D eigenvalue weighted by Gasteiger charge is 2.13. The van der Waals surface area contributed by atoms with Gasteiger partial charge in [-0.15, -0.1) is 0 Å². The summed E-state index contributed by atoms with van der Waals surface area (Å²) in [6, 6.07) is 8.55. The Morgan fingerprint density at radius 3 is 2.75 bits per heavy atom. The van der Waals surface area contributed by atoms with Crippen molar-refractivity contribution in [2.75, 3.05) is 12.3 Å². The number of hydrogen-bond donors (Lipinski definition) is 1. The van der Waals surface area contributed by atoms with Crippen LogP contribution in [-0.4, -0.2) is 21.4 Å². The summed E-state index contributed by atoms with van der Waals surface area (Å²) in [5, 5.41) is 4.19. The highest BCUT2D eigenvalue weighted by Crippen LogP contribution is 2.34. The lowest BCUT2D eigenvalue weighted by molar-refractivity contribution is 0.292. The zero-order valence-electron chi connectivity index (χ0n) is 16.4. The Labute approximate surface area is 165 Å². The Hall–Kier alpha value is -2.89. The van der Waals surface area contributed by atoms with Crippen LogP contribution in [0.4, 0.5) is 10.1 Å². The molecule has 3 rings (SSSR count). The number of nitrogens with two attached hydrogens (primary N) is 1. The maximum Gasteiger partial charge on any atom is 0.213 e. The van der Waals surface area contributed by atoms with Crippen LogP contribution in [0, 0.1) is 5.82 Å². The van der Waals surface area contributed by atoms with Crippen molar-refractivity contribution in [2.24, 2.45) is 0 Å². The van der Waals surface area contributed by atoms with E-state index in [1.807, 2.05) is 42.9 Å². The first-order valence-corrected chi connectivity index (χ1v) is 9.70. The first kappa shape index (κ1) is 19.9. The van der Waals surface area contributed by atoms with E-state index in [1.54, 1.807) is 12.4 Å². The van der Waals surface area contributed by atoms with Crippen LogP contribution in [0.15, 0.2) is 48.9 Å². The number of unbranched alkanes of at least 4 members (excludes halogenated alkanes) is 2. The van der Waals surface area contributed by atoms with Gasteiger partial charge in [0.25, 0.3) is 0 Å². The molecule has 148 valence electrons. The minimum Gasteiger partial charge on any atom is -0.478 e. The molecule has 0 aliphatic heterocycles. The van der Waals surface area contributed by atoms with E-state index in [9.17, 15) is 4.39 Å². The van der Waals surface area contributed by atoms with Crippen LogP contribution in [0.2, 0.25) is 0 Å². The number of benzene rings is 1. The molecule has 0 bridgehead atoms. The van der Waals surface area contributed by atoms with E-state index in [-0.39, 0.29) is 11.7 Å². The number of rotatable bonds is 9. The molecule has 6 heteroatoms. The molecule has 5 nitrogen and oxygen atoms in total. The second-order valence-corrected chi connectivity index (χ2v) is 7.17. The highest BCUT2D eigenvalue weighted by molar-refractivity contribution is 5.79. The van der Waals surface area contributed by atoms with Gasteiger partial charge in [0.15, 0.2) is 0 Å². The van der Waals surface area contributed by atoms with E-state index in [4.69, 9.17) is 10.5 Å². The summed E-state index contributed by atoms with van der Waals surface area (Å²) in [6.07, 6.45) is 8.46. The predicted octanol–water partition coefficient (Wildman–Crippen LogP) is 5.04. The smallest absolute Gasteiger partial charge is 0.213 e. The summed E-state index contributed by atoms with van der Waals surface area (Å²) in [4.78, 5) is 4.26. The van der Waals surface area contributed by atoms with Gasteiger partial charge in [0.2, 0.25) is 5.88 Å². The Morgan fingerprint density at radius 2 is 2.00 bits per heavy atom. The molecule has 2 heterocycles. The minimum atomic E-state index is -0.288. The number of anilines is 1. The van der Waals surface area contributed by atoms with Crippen molar-refractivity contribution in [3.05, 3.63) is 60.3 Å². The van der Waals surface area contributed by atoms with E-state index >= 15 is 0 Å². The lowest BCUT2D eigenvalue weighted by atomic mass is 9.95. The van der Waals surface area contributed by atoms with Crippen LogP contribution in [0.25, 0.3) is 11.1 Å². The number of halogens is 1. The van der Waals surface area contributed by atoms with Gasteiger partial charge in [-0.25, -0.2) is 9.37 Å². The lowest BCUT2D eigenvalue weighted by Gasteiger charge is -2.15. The number of nitrogens with zero attached hydrogens (tertiary/aromatic N) is 3. The van der Waals surface area contributed by atoms with E-state index in [2.05, 4.69) is 10.1 Å². The van der Waals surface area contributed by atoms with Gasteiger partial charge < -0.3 is 10.5 Å². The van der Waals surface area contributed by atoms with Crippen LogP contribution in [0.3, 0.4) is 0 Å². The second-order valence-electron chi connectivity index (χ2n) is 7.17. The van der Waals surface area contributed by atoms with E-state index in [0.717, 1.165) is 36.9 Å². The molecule has 0 aliphatic carbocycles. The molecule has 3 aromatic rings. The average Bonchev–Trinajstić information content (AvgIpc) is 3.19. The number of nitrogen functional groups attached to an aromatic ring is 1. The molecular weight excluding hydrogens is 355 g/mol. The van der Waals surface area contributed by atoms with Crippen molar-refractivity contribution < 1.29 is 9.13 Å². The predicted molar refractivity (Wildman–Crippen MR) is 110 cm³/mol. The van der Waals surface area contributed by atoms with Crippen LogP contribution in [0.5, 0.6) is 5.88 Å². The first-order valence-electron chi connectivity index (χ1n) is 9.70. The standard InChI is InChI=1S/C22H27FN4O/c1-16(2)19-14-18(23)15-20(22(19)24)17-7-9-25-21(13-17)28-12-5-3-4-10-27-11-6-8-26-27/h6-9,11,13-16H,3-5,10,12,24H2,1-2H3. The molecule has 0 spiro atoms. The van der Waals surface area contributed by atoms with Gasteiger partial charge in [0.1, 0.15) is 5.82 Å². The Kier molecular flexibility index (Phi) is 6.63. The second kappa shape index (κ2) is 9.35. The number of ether oxygens (including phenoxy) is 1. The number of hydrogen-bond acceptors (Lipinski definition) is 4. The van der Waals surface area contributed by atoms with Crippen molar-refractivity contribution in [1.29, 1.82) is 0 Å². The molecule has 0 saturated heterocycles. The minimum absolute atomic E-state index is 0.147. The summed E-state index contributed by atoms with van der Waals surface area (Å²) >= 11 is 0. The molecular formula is C22H27FN4O. The Balaban J connectivity index is 1.58. The molecule has 0 radical (unpaired) electrons. The average molecular weight is 382 g/mol. The van der Waals surface area contributed by atoms with Gasteiger partial charge in [0.05, 0.1) is 6.61 Å². The normalized spacial score (nSPS) is 11.1. The molecule has 2 N–H and O–H groups in total. The third-order valence-corrected chi connectivity index (χ3v) is 4.69. The van der Waals surface area contributed by atoms with Crippen LogP contribution in [-0.2, 0) is 6.54 Å². The van der Waals surface area contributed by atoms with Gasteiger partial charge in [-0.2, -0.15) is 5.10 Å². The first-order chi connectivity index (χ1) is 13.5. The molecule has 0 saturated carbocycles. The van der Waals surface area contributed by atoms with Crippen molar-refractivity contribution in [2.45, 2.75) is 45.6 Å². The Morgan fingerprint density at radius 1 is 1.14 bits per heavy atom. The maximum absolute atomic E-state index is 14.1. The van der Waals surface area contributed by atoms with Gasteiger partial charge >= 0.3 is 0 Å². The third kappa shape index (κ3) is 5.09. The molecule has 0 fully saturated rings. The SMILES string of the molecule is CC(C)c1cc(F)cc(-c2ccnc(OCCCCCn3cccn3)c2)c1N. The fraction of sp³-hybridized carbons (Fsp3) is 0.364. The van der Waals surface area contributed by atoms with Crippen LogP contribution in [0.1, 0.15) is 44.6 Å². The summed E-state index contributed by atoms with van der Waals surface area (Å²) in [7, 11) is 0. The van der Waals surface area contributed by atoms with Gasteiger partial charge in [-0.3, -0.25) is 4.68 Å². The zero-order valence-corrected chi connectivity index (χ0v) is 16.4. The quantitative estimate of drug-likeness (QED) is 0.416.